The Morgan fingerprint density at radius 1 is 1.19 bits per heavy atom. The number of aromatic amines is 1. The van der Waals surface area contributed by atoms with Gasteiger partial charge in [0.05, 0.1) is 12.2 Å². The van der Waals surface area contributed by atoms with E-state index >= 15 is 0 Å². The summed E-state index contributed by atoms with van der Waals surface area (Å²) in [6.07, 6.45) is 0.217. The maximum atomic E-state index is 11.1. The third kappa shape index (κ3) is 4.85. The third-order valence-electron chi connectivity index (χ3n) is 4.20. The molecule has 3 aromatic rings. The van der Waals surface area contributed by atoms with E-state index in [1.807, 2.05) is 36.4 Å². The zero-order chi connectivity index (χ0) is 18.5. The van der Waals surface area contributed by atoms with Gasteiger partial charge in [-0.05, 0) is 36.6 Å². The third-order valence-corrected chi connectivity index (χ3v) is 4.43. The second kappa shape index (κ2) is 8.36. The molecule has 3 rings (SSSR count). The van der Waals surface area contributed by atoms with Gasteiger partial charge in [0.2, 0.25) is 0 Å². The van der Waals surface area contributed by atoms with E-state index in [0.29, 0.717) is 17.3 Å². The van der Waals surface area contributed by atoms with Crippen molar-refractivity contribution in [2.45, 2.75) is 25.5 Å². The molecule has 3 N–H and O–H groups in total. The Balaban J connectivity index is 1.53. The van der Waals surface area contributed by atoms with Gasteiger partial charge in [-0.25, -0.2) is 0 Å². The number of H-pyrrole nitrogens is 1. The molecule has 26 heavy (non-hydrogen) atoms. The Labute approximate surface area is 156 Å². The second-order valence-electron chi connectivity index (χ2n) is 6.36. The van der Waals surface area contributed by atoms with Crippen LogP contribution in [0, 0.1) is 0 Å². The Morgan fingerprint density at radius 2 is 1.96 bits per heavy atom. The summed E-state index contributed by atoms with van der Waals surface area (Å²) in [6, 6.07) is 16.7. The van der Waals surface area contributed by atoms with Crippen molar-refractivity contribution in [3.05, 3.63) is 81.1 Å². The largest absolute Gasteiger partial charge is 0.387 e. The van der Waals surface area contributed by atoms with Crippen LogP contribution in [0.5, 0.6) is 0 Å². The number of aliphatic hydroxyl groups excluding tert-OH is 1. The molecule has 0 amide bonds. The molecule has 2 unspecified atom stereocenters. The van der Waals surface area contributed by atoms with Crippen LogP contribution in [0.15, 0.2) is 63.9 Å². The highest BCUT2D eigenvalue weighted by Gasteiger charge is 2.11. The molecule has 0 saturated carbocycles. The van der Waals surface area contributed by atoms with Gasteiger partial charge in [0.25, 0.3) is 5.56 Å². The first kappa shape index (κ1) is 18.5. The highest BCUT2D eigenvalue weighted by Crippen LogP contribution is 2.19. The van der Waals surface area contributed by atoms with Crippen molar-refractivity contribution in [1.82, 2.24) is 10.5 Å². The molecule has 0 fully saturated rings. The maximum absolute atomic E-state index is 11.1. The van der Waals surface area contributed by atoms with E-state index in [0.717, 1.165) is 23.1 Å². The molecule has 0 bridgehead atoms. The monoisotopic (exact) mass is 372 g/mol. The first-order valence-electron chi connectivity index (χ1n) is 8.46. The van der Waals surface area contributed by atoms with Crippen LogP contribution in [0.4, 0.5) is 0 Å². The van der Waals surface area contributed by atoms with Crippen molar-refractivity contribution in [3.63, 3.8) is 0 Å². The van der Waals surface area contributed by atoms with Crippen LogP contribution in [0.2, 0.25) is 5.02 Å². The van der Waals surface area contributed by atoms with E-state index in [1.54, 1.807) is 12.1 Å². The molecule has 6 heteroatoms. The van der Waals surface area contributed by atoms with Gasteiger partial charge >= 0.3 is 0 Å². The second-order valence-corrected chi connectivity index (χ2v) is 6.79. The number of aliphatic hydroxyl groups is 1. The van der Waals surface area contributed by atoms with Crippen molar-refractivity contribution in [1.29, 1.82) is 0 Å². The van der Waals surface area contributed by atoms with E-state index in [9.17, 15) is 9.90 Å². The molecule has 0 radical (unpaired) electrons. The fraction of sp³-hybridized carbons (Fsp3) is 0.250. The van der Waals surface area contributed by atoms with Gasteiger partial charge in [0, 0.05) is 23.2 Å². The lowest BCUT2D eigenvalue weighted by Gasteiger charge is -2.18. The number of rotatable bonds is 7. The lowest BCUT2D eigenvalue weighted by molar-refractivity contribution is 0.170. The topological polar surface area (TPSA) is 78.3 Å². The molecule has 0 spiro atoms. The number of nitrogens with one attached hydrogen (secondary N) is 2. The molecule has 136 valence electrons. The minimum atomic E-state index is -0.602. The van der Waals surface area contributed by atoms with Crippen LogP contribution in [-0.2, 0) is 6.42 Å². The lowest BCUT2D eigenvalue weighted by atomic mass is 10.0. The normalized spacial score (nSPS) is 13.5. The molecule has 0 aliphatic carbocycles. The Morgan fingerprint density at radius 3 is 2.62 bits per heavy atom. The minimum Gasteiger partial charge on any atom is -0.387 e. The molecule has 5 nitrogen and oxygen atoms in total. The highest BCUT2D eigenvalue weighted by molar-refractivity contribution is 6.30. The number of hydrogen-bond acceptors (Lipinski definition) is 4. The summed E-state index contributed by atoms with van der Waals surface area (Å²) in [5.41, 5.74) is 2.56. The zero-order valence-corrected chi connectivity index (χ0v) is 15.2. The predicted octanol–water partition coefficient (Wildman–Crippen LogP) is 3.54. The van der Waals surface area contributed by atoms with Crippen LogP contribution in [0.1, 0.15) is 24.2 Å². The van der Waals surface area contributed by atoms with E-state index in [4.69, 9.17) is 16.1 Å². The quantitative estimate of drug-likeness (QED) is 0.592. The fourth-order valence-electron chi connectivity index (χ4n) is 2.80. The lowest BCUT2D eigenvalue weighted by Crippen LogP contribution is -2.32. The van der Waals surface area contributed by atoms with Crippen LogP contribution >= 0.6 is 11.6 Å². The first-order chi connectivity index (χ1) is 12.5. The predicted molar refractivity (Wildman–Crippen MR) is 102 cm³/mol. The minimum absolute atomic E-state index is 0.194. The van der Waals surface area contributed by atoms with Crippen molar-refractivity contribution in [2.75, 3.05) is 6.54 Å². The fourth-order valence-corrected chi connectivity index (χ4v) is 3.00. The van der Waals surface area contributed by atoms with Crippen molar-refractivity contribution in [3.8, 4) is 11.3 Å². The summed E-state index contributed by atoms with van der Waals surface area (Å²) in [7, 11) is 0. The van der Waals surface area contributed by atoms with Crippen molar-refractivity contribution < 1.29 is 9.63 Å². The molecule has 2 aromatic carbocycles. The van der Waals surface area contributed by atoms with E-state index in [-0.39, 0.29) is 11.6 Å². The van der Waals surface area contributed by atoms with Crippen molar-refractivity contribution >= 4 is 11.6 Å². The van der Waals surface area contributed by atoms with E-state index < -0.39 is 6.10 Å². The summed E-state index contributed by atoms with van der Waals surface area (Å²) in [5, 5.41) is 16.5. The molecule has 1 heterocycles. The van der Waals surface area contributed by atoms with Crippen LogP contribution < -0.4 is 10.9 Å². The average Bonchev–Trinajstić information content (AvgIpc) is 3.07. The van der Waals surface area contributed by atoms with Gasteiger partial charge in [-0.15, -0.1) is 0 Å². The van der Waals surface area contributed by atoms with Gasteiger partial charge in [0.1, 0.15) is 0 Å². The smallest absolute Gasteiger partial charge is 0.280 e. The summed E-state index contributed by atoms with van der Waals surface area (Å²) >= 11 is 5.96. The number of aromatic nitrogens is 1. The van der Waals surface area contributed by atoms with Crippen LogP contribution in [-0.4, -0.2) is 22.8 Å². The van der Waals surface area contributed by atoms with Crippen molar-refractivity contribution in [2.24, 2.45) is 0 Å². The van der Waals surface area contributed by atoms with Gasteiger partial charge < -0.3 is 14.9 Å². The van der Waals surface area contributed by atoms with E-state index in [2.05, 4.69) is 17.4 Å². The van der Waals surface area contributed by atoms with Gasteiger partial charge in [-0.3, -0.25) is 4.79 Å². The van der Waals surface area contributed by atoms with Gasteiger partial charge in [-0.2, -0.15) is 5.16 Å². The van der Waals surface area contributed by atoms with Crippen LogP contribution in [0.3, 0.4) is 0 Å². The molecule has 0 aliphatic rings. The standard InChI is InChI=1S/C20H21ClN2O3/c1-13(22-12-18(24)16-3-2-4-17(21)10-16)9-14-5-7-15(8-6-14)19-11-20(25)23-26-19/h2-8,10-11,13,18,22,24H,9,12H2,1H3,(H,23,25). The average molecular weight is 373 g/mol. The Bertz CT molecular complexity index is 902. The summed E-state index contributed by atoms with van der Waals surface area (Å²) in [5.74, 6) is 0.525. The van der Waals surface area contributed by atoms with E-state index in [1.165, 1.54) is 6.07 Å². The van der Waals surface area contributed by atoms with Crippen LogP contribution in [0.25, 0.3) is 11.3 Å². The van der Waals surface area contributed by atoms with Gasteiger partial charge in [0.15, 0.2) is 5.76 Å². The molecule has 0 aliphatic heterocycles. The molecule has 0 saturated heterocycles. The number of hydrogen-bond donors (Lipinski definition) is 3. The maximum Gasteiger partial charge on any atom is 0.280 e. The van der Waals surface area contributed by atoms with Gasteiger partial charge in [-0.1, -0.05) is 48.0 Å². The summed E-state index contributed by atoms with van der Waals surface area (Å²) in [6.45, 7) is 2.53. The molecular weight excluding hydrogens is 352 g/mol. The zero-order valence-electron chi connectivity index (χ0n) is 14.4. The number of halogens is 1. The Hall–Kier alpha value is -2.34. The first-order valence-corrected chi connectivity index (χ1v) is 8.84. The highest BCUT2D eigenvalue weighted by atomic mass is 35.5. The summed E-state index contributed by atoms with van der Waals surface area (Å²) < 4.78 is 5.10. The molecule has 2 atom stereocenters. The Kier molecular flexibility index (Phi) is 5.93. The molecular formula is C20H21ClN2O3. The SMILES string of the molecule is CC(Cc1ccc(-c2cc(=O)[nH]o2)cc1)NCC(O)c1cccc(Cl)c1. The molecule has 1 aromatic heterocycles. The number of benzene rings is 2. The summed E-state index contributed by atoms with van der Waals surface area (Å²) in [4.78, 5) is 11.1.